The summed E-state index contributed by atoms with van der Waals surface area (Å²) in [5, 5.41) is 7.70. The van der Waals surface area contributed by atoms with Gasteiger partial charge in [0, 0.05) is 12.6 Å². The number of anilines is 1. The minimum Gasteiger partial charge on any atom is -0.352 e. The fraction of sp³-hybridized carbons (Fsp3) is 0.700. The van der Waals surface area contributed by atoms with E-state index in [9.17, 15) is 0 Å². The van der Waals surface area contributed by atoms with Crippen LogP contribution in [0.2, 0.25) is 5.28 Å². The Morgan fingerprint density at radius 3 is 2.80 bits per heavy atom. The topological polar surface area (TPSA) is 41.9 Å². The van der Waals surface area contributed by atoms with Crippen LogP contribution in [0.3, 0.4) is 0 Å². The van der Waals surface area contributed by atoms with Crippen molar-refractivity contribution in [2.45, 2.75) is 32.7 Å². The van der Waals surface area contributed by atoms with E-state index in [1.54, 1.807) is 6.20 Å². The van der Waals surface area contributed by atoms with Crippen molar-refractivity contribution in [1.29, 1.82) is 0 Å². The van der Waals surface area contributed by atoms with Gasteiger partial charge in [0.05, 0.1) is 6.20 Å². The molecule has 1 aliphatic rings. The Morgan fingerprint density at radius 1 is 1.53 bits per heavy atom. The SMILES string of the molecule is CC(C)N(CC1CC1)c1cnnc(Cl)n1. The van der Waals surface area contributed by atoms with Crippen LogP contribution in [0.5, 0.6) is 0 Å². The van der Waals surface area contributed by atoms with Crippen molar-refractivity contribution < 1.29 is 0 Å². The smallest absolute Gasteiger partial charge is 0.244 e. The molecule has 15 heavy (non-hydrogen) atoms. The van der Waals surface area contributed by atoms with Gasteiger partial charge in [-0.2, -0.15) is 10.1 Å². The Kier molecular flexibility index (Phi) is 3.05. The van der Waals surface area contributed by atoms with Gasteiger partial charge in [0.15, 0.2) is 5.82 Å². The summed E-state index contributed by atoms with van der Waals surface area (Å²) in [6.45, 7) is 5.35. The lowest BCUT2D eigenvalue weighted by Crippen LogP contribution is -2.33. The molecule has 1 fully saturated rings. The molecule has 0 bridgehead atoms. The van der Waals surface area contributed by atoms with Crippen molar-refractivity contribution >= 4 is 17.4 Å². The third-order valence-corrected chi connectivity index (χ3v) is 2.75. The van der Waals surface area contributed by atoms with Crippen LogP contribution in [-0.4, -0.2) is 27.8 Å². The van der Waals surface area contributed by atoms with E-state index in [0.29, 0.717) is 6.04 Å². The van der Waals surface area contributed by atoms with Crippen molar-refractivity contribution in [3.63, 3.8) is 0 Å². The van der Waals surface area contributed by atoms with E-state index in [-0.39, 0.29) is 5.28 Å². The Bertz CT molecular complexity index is 338. The standard InChI is InChI=1S/C10H15ClN4/c1-7(2)15(6-8-3-4-8)9-5-12-14-10(11)13-9/h5,7-8H,3-4,6H2,1-2H3. The average molecular weight is 227 g/mol. The highest BCUT2D eigenvalue weighted by Crippen LogP contribution is 2.31. The summed E-state index contributed by atoms with van der Waals surface area (Å²) in [6.07, 6.45) is 4.33. The fourth-order valence-corrected chi connectivity index (χ4v) is 1.69. The number of nitrogens with zero attached hydrogens (tertiary/aromatic N) is 4. The molecule has 0 spiro atoms. The highest BCUT2D eigenvalue weighted by atomic mass is 35.5. The first-order chi connectivity index (χ1) is 7.16. The summed E-state index contributed by atoms with van der Waals surface area (Å²) < 4.78 is 0. The monoisotopic (exact) mass is 226 g/mol. The van der Waals surface area contributed by atoms with Gasteiger partial charge in [-0.15, -0.1) is 5.10 Å². The first kappa shape index (κ1) is 10.6. The van der Waals surface area contributed by atoms with E-state index >= 15 is 0 Å². The molecule has 1 aromatic heterocycles. The van der Waals surface area contributed by atoms with Crippen LogP contribution < -0.4 is 4.90 Å². The summed E-state index contributed by atoms with van der Waals surface area (Å²) in [7, 11) is 0. The quantitative estimate of drug-likeness (QED) is 0.789. The maximum atomic E-state index is 5.73. The van der Waals surface area contributed by atoms with Gasteiger partial charge in [-0.3, -0.25) is 0 Å². The van der Waals surface area contributed by atoms with Crippen LogP contribution in [0.15, 0.2) is 6.20 Å². The predicted octanol–water partition coefficient (Wildman–Crippen LogP) is 2.15. The van der Waals surface area contributed by atoms with Gasteiger partial charge in [-0.1, -0.05) is 0 Å². The van der Waals surface area contributed by atoms with Crippen LogP contribution in [0.25, 0.3) is 0 Å². The highest BCUT2D eigenvalue weighted by Gasteiger charge is 2.26. The van der Waals surface area contributed by atoms with E-state index in [0.717, 1.165) is 18.3 Å². The molecule has 0 radical (unpaired) electrons. The Balaban J connectivity index is 2.15. The second-order valence-corrected chi connectivity index (χ2v) is 4.61. The molecule has 1 heterocycles. The number of hydrogen-bond donors (Lipinski definition) is 0. The fourth-order valence-electron chi connectivity index (χ4n) is 1.56. The molecule has 0 unspecified atom stereocenters. The van der Waals surface area contributed by atoms with E-state index in [1.807, 2.05) is 0 Å². The van der Waals surface area contributed by atoms with Crippen LogP contribution in [0.4, 0.5) is 5.82 Å². The molecule has 1 aliphatic carbocycles. The summed E-state index contributed by atoms with van der Waals surface area (Å²) in [4.78, 5) is 6.43. The molecule has 0 amide bonds. The molecule has 1 saturated carbocycles. The van der Waals surface area contributed by atoms with Crippen molar-refractivity contribution in [3.05, 3.63) is 11.5 Å². The van der Waals surface area contributed by atoms with Gasteiger partial charge in [-0.05, 0) is 44.2 Å². The molecule has 4 nitrogen and oxygen atoms in total. The van der Waals surface area contributed by atoms with Gasteiger partial charge in [0.1, 0.15) is 0 Å². The van der Waals surface area contributed by atoms with E-state index in [1.165, 1.54) is 12.8 Å². The molecule has 1 aromatic rings. The molecule has 82 valence electrons. The summed E-state index contributed by atoms with van der Waals surface area (Å²) in [5.74, 6) is 1.65. The third-order valence-electron chi connectivity index (χ3n) is 2.59. The predicted molar refractivity (Wildman–Crippen MR) is 60.0 cm³/mol. The van der Waals surface area contributed by atoms with Gasteiger partial charge in [-0.25, -0.2) is 0 Å². The van der Waals surface area contributed by atoms with E-state index in [2.05, 4.69) is 33.9 Å². The van der Waals surface area contributed by atoms with Gasteiger partial charge >= 0.3 is 0 Å². The minimum atomic E-state index is 0.217. The first-order valence-electron chi connectivity index (χ1n) is 5.28. The van der Waals surface area contributed by atoms with Crippen molar-refractivity contribution in [2.75, 3.05) is 11.4 Å². The molecule has 0 N–H and O–H groups in total. The molecule has 0 aliphatic heterocycles. The second-order valence-electron chi connectivity index (χ2n) is 4.27. The van der Waals surface area contributed by atoms with Crippen molar-refractivity contribution in [3.8, 4) is 0 Å². The van der Waals surface area contributed by atoms with Crippen molar-refractivity contribution in [1.82, 2.24) is 15.2 Å². The largest absolute Gasteiger partial charge is 0.352 e. The van der Waals surface area contributed by atoms with Crippen molar-refractivity contribution in [2.24, 2.45) is 5.92 Å². The highest BCUT2D eigenvalue weighted by molar-refractivity contribution is 6.28. The summed E-state index contributed by atoms with van der Waals surface area (Å²) in [5.41, 5.74) is 0. The number of rotatable bonds is 4. The summed E-state index contributed by atoms with van der Waals surface area (Å²) >= 11 is 5.73. The zero-order valence-corrected chi connectivity index (χ0v) is 9.78. The zero-order chi connectivity index (χ0) is 10.8. The normalized spacial score (nSPS) is 15.7. The lowest BCUT2D eigenvalue weighted by atomic mass is 10.3. The van der Waals surface area contributed by atoms with Crippen LogP contribution in [-0.2, 0) is 0 Å². The maximum Gasteiger partial charge on any atom is 0.244 e. The summed E-state index contributed by atoms with van der Waals surface area (Å²) in [6, 6.07) is 0.415. The van der Waals surface area contributed by atoms with Gasteiger partial charge in [0.2, 0.25) is 5.28 Å². The lowest BCUT2D eigenvalue weighted by Gasteiger charge is -2.27. The lowest BCUT2D eigenvalue weighted by molar-refractivity contribution is 0.633. The minimum absolute atomic E-state index is 0.217. The van der Waals surface area contributed by atoms with Crippen LogP contribution in [0, 0.1) is 5.92 Å². The van der Waals surface area contributed by atoms with Gasteiger partial charge < -0.3 is 4.90 Å². The number of hydrogen-bond acceptors (Lipinski definition) is 4. The Labute approximate surface area is 94.7 Å². The Morgan fingerprint density at radius 2 is 2.27 bits per heavy atom. The van der Waals surface area contributed by atoms with E-state index < -0.39 is 0 Å². The number of aromatic nitrogens is 3. The molecular weight excluding hydrogens is 212 g/mol. The molecule has 5 heteroatoms. The first-order valence-corrected chi connectivity index (χ1v) is 5.66. The third kappa shape index (κ3) is 2.78. The molecule has 0 saturated heterocycles. The molecule has 2 rings (SSSR count). The molecule has 0 atom stereocenters. The Hall–Kier alpha value is -0.900. The second kappa shape index (κ2) is 4.31. The number of halogens is 1. The average Bonchev–Trinajstić information content (AvgIpc) is 2.97. The maximum absolute atomic E-state index is 5.73. The van der Waals surface area contributed by atoms with E-state index in [4.69, 9.17) is 11.6 Å². The molecular formula is C10H15ClN4. The molecule has 0 aromatic carbocycles. The zero-order valence-electron chi connectivity index (χ0n) is 9.02. The van der Waals surface area contributed by atoms with Crippen LogP contribution >= 0.6 is 11.6 Å². The van der Waals surface area contributed by atoms with Crippen LogP contribution in [0.1, 0.15) is 26.7 Å². The van der Waals surface area contributed by atoms with Gasteiger partial charge in [0.25, 0.3) is 0 Å².